The van der Waals surface area contributed by atoms with E-state index in [-0.39, 0.29) is 48.4 Å². The Kier molecular flexibility index (Phi) is 9.47. The first-order valence-electron chi connectivity index (χ1n) is 7.30. The lowest BCUT2D eigenvalue weighted by Gasteiger charge is -2.17. The van der Waals surface area contributed by atoms with Crippen molar-refractivity contribution < 1.29 is 18.0 Å². The number of anilines is 2. The average Bonchev–Trinajstić information content (AvgIpc) is 2.82. The van der Waals surface area contributed by atoms with Crippen LogP contribution in [0.2, 0.25) is 0 Å². The average molecular weight is 388 g/mol. The van der Waals surface area contributed by atoms with E-state index in [0.717, 1.165) is 19.3 Å². The maximum absolute atomic E-state index is 12.3. The first-order chi connectivity index (χ1) is 10.3. The third kappa shape index (κ3) is 7.15. The molecule has 9 heteroatoms. The molecule has 1 fully saturated rings. The van der Waals surface area contributed by atoms with Crippen LogP contribution in [-0.2, 0) is 4.79 Å². The lowest BCUT2D eigenvalue weighted by molar-refractivity contribution is -0.117. The molecule has 1 saturated carbocycles. The van der Waals surface area contributed by atoms with Gasteiger partial charge in [-0.1, -0.05) is 18.6 Å². The molecule has 0 saturated heterocycles. The molecule has 0 unspecified atom stereocenters. The molecule has 1 aliphatic carbocycles. The van der Waals surface area contributed by atoms with Crippen LogP contribution in [0.4, 0.5) is 24.5 Å². The molecule has 1 aromatic rings. The number of halogens is 5. The van der Waals surface area contributed by atoms with Crippen LogP contribution in [0.5, 0.6) is 0 Å². The van der Waals surface area contributed by atoms with Gasteiger partial charge in [-0.15, -0.1) is 24.8 Å². The Balaban J connectivity index is 0.00000264. The van der Waals surface area contributed by atoms with Crippen molar-refractivity contribution in [3.05, 3.63) is 24.3 Å². The molecule has 1 aromatic carbocycles. The monoisotopic (exact) mass is 387 g/mol. The lowest BCUT2D eigenvalue weighted by atomic mass is 10.00. The first-order valence-corrected chi connectivity index (χ1v) is 7.30. The second-order valence-electron chi connectivity index (χ2n) is 5.62. The Labute approximate surface area is 151 Å². The van der Waals surface area contributed by atoms with Gasteiger partial charge in [0.1, 0.15) is 6.54 Å². The third-order valence-corrected chi connectivity index (χ3v) is 3.85. The van der Waals surface area contributed by atoms with Gasteiger partial charge in [-0.05, 0) is 30.9 Å². The van der Waals surface area contributed by atoms with Crippen molar-refractivity contribution in [3.63, 3.8) is 0 Å². The number of hydrogen-bond acceptors (Lipinski definition) is 3. The number of carbonyl (C=O) groups is 1. The molecule has 0 spiro atoms. The van der Waals surface area contributed by atoms with Gasteiger partial charge in [0, 0.05) is 12.5 Å². The molecule has 2 atom stereocenters. The van der Waals surface area contributed by atoms with E-state index >= 15 is 0 Å². The van der Waals surface area contributed by atoms with Crippen LogP contribution in [0.25, 0.3) is 0 Å². The zero-order valence-corrected chi connectivity index (χ0v) is 14.6. The van der Waals surface area contributed by atoms with E-state index < -0.39 is 12.7 Å². The summed E-state index contributed by atoms with van der Waals surface area (Å²) in [4.78, 5) is 12.1. The van der Waals surface area contributed by atoms with E-state index in [0.29, 0.717) is 12.1 Å². The number of alkyl halides is 3. The van der Waals surface area contributed by atoms with Crippen LogP contribution in [0, 0.1) is 5.92 Å². The molecular formula is C15H22Cl2F3N3O. The first kappa shape index (κ1) is 22.8. The fourth-order valence-corrected chi connectivity index (χ4v) is 2.70. The summed E-state index contributed by atoms with van der Waals surface area (Å²) >= 11 is 0. The largest absolute Gasteiger partial charge is 0.405 e. The summed E-state index contributed by atoms with van der Waals surface area (Å²) in [5, 5.41) is 4.97. The Morgan fingerprint density at radius 2 is 1.79 bits per heavy atom. The highest BCUT2D eigenvalue weighted by molar-refractivity contribution is 5.94. The summed E-state index contributed by atoms with van der Waals surface area (Å²) in [5.41, 5.74) is 6.53. The molecule has 4 nitrogen and oxygen atoms in total. The van der Waals surface area contributed by atoms with Crippen LogP contribution in [-0.4, -0.2) is 24.7 Å². The van der Waals surface area contributed by atoms with E-state index in [1.807, 2.05) is 0 Å². The standard InChI is InChI=1S/C15H20F3N3O.2ClH/c16-15(17,18)9-20-12-6-1-2-7-13(12)21-14(22)8-10-4-3-5-11(10)19;;/h1-2,6-7,10-11,20H,3-5,8-9,19H2,(H,21,22);2*1H/t10-,11+;;/m0../s1. The van der Waals surface area contributed by atoms with Gasteiger partial charge in [0.2, 0.25) is 5.91 Å². The molecule has 0 heterocycles. The normalized spacial score (nSPS) is 19.8. The summed E-state index contributed by atoms with van der Waals surface area (Å²) in [7, 11) is 0. The van der Waals surface area contributed by atoms with Gasteiger partial charge < -0.3 is 16.4 Å². The summed E-state index contributed by atoms with van der Waals surface area (Å²) in [6.45, 7) is -1.15. The Morgan fingerprint density at radius 3 is 2.33 bits per heavy atom. The predicted octanol–water partition coefficient (Wildman–Crippen LogP) is 3.96. The molecule has 0 aliphatic heterocycles. The van der Waals surface area contributed by atoms with E-state index in [1.54, 1.807) is 18.2 Å². The summed E-state index contributed by atoms with van der Waals surface area (Å²) in [6.07, 6.45) is -1.16. The molecule has 24 heavy (non-hydrogen) atoms. The van der Waals surface area contributed by atoms with Crippen LogP contribution < -0.4 is 16.4 Å². The zero-order chi connectivity index (χ0) is 16.2. The number of nitrogens with one attached hydrogen (secondary N) is 2. The second-order valence-corrected chi connectivity index (χ2v) is 5.62. The van der Waals surface area contributed by atoms with Gasteiger partial charge in [-0.2, -0.15) is 13.2 Å². The molecule has 138 valence electrons. The number of carbonyl (C=O) groups excluding carboxylic acids is 1. The van der Waals surface area contributed by atoms with Crippen molar-refractivity contribution in [3.8, 4) is 0 Å². The summed E-state index contributed by atoms with van der Waals surface area (Å²) in [5.74, 6) is -0.0705. The lowest BCUT2D eigenvalue weighted by Crippen LogP contribution is -2.28. The highest BCUT2D eigenvalue weighted by atomic mass is 35.5. The fraction of sp³-hybridized carbons (Fsp3) is 0.533. The molecule has 1 aliphatic rings. The molecule has 1 amide bonds. The minimum absolute atomic E-state index is 0. The summed E-state index contributed by atoms with van der Waals surface area (Å²) < 4.78 is 36.9. The molecule has 0 aromatic heterocycles. The van der Waals surface area contributed by atoms with E-state index in [4.69, 9.17) is 5.73 Å². The van der Waals surface area contributed by atoms with Crippen LogP contribution >= 0.6 is 24.8 Å². The number of benzene rings is 1. The van der Waals surface area contributed by atoms with Crippen molar-refractivity contribution >= 4 is 42.1 Å². The number of rotatable bonds is 5. The highest BCUT2D eigenvalue weighted by Gasteiger charge is 2.28. The van der Waals surface area contributed by atoms with Gasteiger partial charge >= 0.3 is 6.18 Å². The van der Waals surface area contributed by atoms with Crippen molar-refractivity contribution in [2.24, 2.45) is 11.7 Å². The summed E-state index contributed by atoms with van der Waals surface area (Å²) in [6, 6.07) is 6.38. The Bertz CT molecular complexity index is 529. The number of hydrogen-bond donors (Lipinski definition) is 3. The maximum Gasteiger partial charge on any atom is 0.405 e. The molecule has 0 bridgehead atoms. The second kappa shape index (κ2) is 9.96. The molecule has 4 N–H and O–H groups in total. The molecule has 2 rings (SSSR count). The Hall–Kier alpha value is -1.18. The fourth-order valence-electron chi connectivity index (χ4n) is 2.70. The van der Waals surface area contributed by atoms with Crippen molar-refractivity contribution in [1.82, 2.24) is 0 Å². The topological polar surface area (TPSA) is 67.2 Å². The smallest absolute Gasteiger partial charge is 0.375 e. The van der Waals surface area contributed by atoms with Gasteiger partial charge in [-0.3, -0.25) is 4.79 Å². The van der Waals surface area contributed by atoms with Gasteiger partial charge in [-0.25, -0.2) is 0 Å². The third-order valence-electron chi connectivity index (χ3n) is 3.85. The number of nitrogens with two attached hydrogens (primary N) is 1. The zero-order valence-electron chi connectivity index (χ0n) is 12.9. The van der Waals surface area contributed by atoms with E-state index in [1.165, 1.54) is 6.07 Å². The van der Waals surface area contributed by atoms with E-state index in [2.05, 4.69) is 10.6 Å². The van der Waals surface area contributed by atoms with Crippen LogP contribution in [0.3, 0.4) is 0 Å². The SMILES string of the molecule is Cl.Cl.N[C@@H]1CCC[C@H]1CC(=O)Nc1ccccc1NCC(F)(F)F. The molecule has 0 radical (unpaired) electrons. The Morgan fingerprint density at radius 1 is 1.17 bits per heavy atom. The van der Waals surface area contributed by atoms with Crippen molar-refractivity contribution in [1.29, 1.82) is 0 Å². The minimum atomic E-state index is -4.31. The molecular weight excluding hydrogens is 366 g/mol. The van der Waals surface area contributed by atoms with Gasteiger partial charge in [0.05, 0.1) is 11.4 Å². The maximum atomic E-state index is 12.3. The quantitative estimate of drug-likeness (QED) is 0.716. The van der Waals surface area contributed by atoms with Crippen molar-refractivity contribution in [2.75, 3.05) is 17.2 Å². The van der Waals surface area contributed by atoms with Gasteiger partial charge in [0.15, 0.2) is 0 Å². The van der Waals surface area contributed by atoms with E-state index in [9.17, 15) is 18.0 Å². The van der Waals surface area contributed by atoms with Gasteiger partial charge in [0.25, 0.3) is 0 Å². The predicted molar refractivity (Wildman–Crippen MR) is 94.0 cm³/mol. The van der Waals surface area contributed by atoms with Crippen molar-refractivity contribution in [2.45, 2.75) is 37.9 Å². The number of amides is 1. The minimum Gasteiger partial charge on any atom is -0.375 e. The highest BCUT2D eigenvalue weighted by Crippen LogP contribution is 2.28. The van der Waals surface area contributed by atoms with Crippen LogP contribution in [0.15, 0.2) is 24.3 Å². The van der Waals surface area contributed by atoms with Crippen LogP contribution in [0.1, 0.15) is 25.7 Å². The number of para-hydroxylation sites is 2.